The number of carbonyl (C=O) groups excluding carboxylic acids is 1. The van der Waals surface area contributed by atoms with Crippen molar-refractivity contribution >= 4 is 5.78 Å². The molecule has 1 N–H and O–H groups in total. The van der Waals surface area contributed by atoms with Crippen molar-refractivity contribution in [1.29, 1.82) is 0 Å². The van der Waals surface area contributed by atoms with E-state index in [0.717, 1.165) is 30.4 Å². The molecule has 6 heteroatoms. The number of ether oxygens (including phenoxy) is 4. The van der Waals surface area contributed by atoms with E-state index in [1.807, 2.05) is 36.4 Å². The van der Waals surface area contributed by atoms with Gasteiger partial charge < -0.3 is 24.3 Å². The second kappa shape index (κ2) is 8.56. The molecule has 6 nitrogen and oxygen atoms in total. The van der Waals surface area contributed by atoms with Gasteiger partial charge in [0.05, 0.1) is 28.4 Å². The van der Waals surface area contributed by atoms with Crippen molar-refractivity contribution in [3.05, 3.63) is 47.5 Å². The molecule has 2 bridgehead atoms. The third-order valence-corrected chi connectivity index (χ3v) is 6.46. The smallest absolute Gasteiger partial charge is 0.161 e. The van der Waals surface area contributed by atoms with E-state index in [9.17, 15) is 4.79 Å². The number of fused-ring (bicyclic) bond motifs is 2. The highest BCUT2D eigenvalue weighted by Gasteiger charge is 2.46. The molecule has 30 heavy (non-hydrogen) atoms. The minimum atomic E-state index is -0.0769. The Labute approximate surface area is 177 Å². The first-order valence-electron chi connectivity index (χ1n) is 10.3. The van der Waals surface area contributed by atoms with E-state index in [1.165, 1.54) is 0 Å². The quantitative estimate of drug-likeness (QED) is 0.772. The summed E-state index contributed by atoms with van der Waals surface area (Å²) in [4.78, 5) is 13.4. The third-order valence-electron chi connectivity index (χ3n) is 6.46. The molecule has 0 unspecified atom stereocenters. The zero-order valence-corrected chi connectivity index (χ0v) is 17.9. The number of rotatable bonds is 6. The van der Waals surface area contributed by atoms with Crippen LogP contribution in [0, 0.1) is 11.8 Å². The first-order valence-corrected chi connectivity index (χ1v) is 10.3. The van der Waals surface area contributed by atoms with Crippen LogP contribution in [-0.4, -0.2) is 34.2 Å². The molecular weight excluding hydrogens is 382 g/mol. The Hall–Kier alpha value is -2.73. The van der Waals surface area contributed by atoms with E-state index in [-0.39, 0.29) is 23.9 Å². The fourth-order valence-electron chi connectivity index (χ4n) is 4.95. The van der Waals surface area contributed by atoms with E-state index in [4.69, 9.17) is 18.9 Å². The van der Waals surface area contributed by atoms with Crippen LogP contribution in [0.25, 0.3) is 0 Å². The number of ketones is 1. The molecule has 1 saturated carbocycles. The van der Waals surface area contributed by atoms with Crippen molar-refractivity contribution in [2.75, 3.05) is 28.4 Å². The van der Waals surface area contributed by atoms with Gasteiger partial charge in [-0.1, -0.05) is 18.6 Å². The Kier molecular flexibility index (Phi) is 5.86. The number of piperidine rings is 1. The molecule has 0 amide bonds. The molecule has 4 atom stereocenters. The summed E-state index contributed by atoms with van der Waals surface area (Å²) < 4.78 is 21.8. The van der Waals surface area contributed by atoms with Crippen LogP contribution in [0.4, 0.5) is 0 Å². The number of Topliss-reactive ketones (excluding diaryl/α,β-unsaturated/α-hetero) is 1. The Morgan fingerprint density at radius 3 is 1.53 bits per heavy atom. The second-order valence-corrected chi connectivity index (χ2v) is 7.90. The number of benzene rings is 2. The standard InChI is InChI=1S/C24H29NO5/c1-27-18-10-8-14(12-20(18)29-3)22-16-6-5-7-17(24(16)26)23(25-22)15-9-11-19(28-2)21(13-15)30-4/h8-13,16-17,22-23,25H,5-7H2,1-4H3/t16-,17+,22+,23-. The summed E-state index contributed by atoms with van der Waals surface area (Å²) in [5, 5.41) is 3.78. The molecule has 2 aromatic carbocycles. The van der Waals surface area contributed by atoms with Crippen LogP contribution in [0.5, 0.6) is 23.0 Å². The van der Waals surface area contributed by atoms with Gasteiger partial charge in [0.15, 0.2) is 23.0 Å². The molecule has 1 heterocycles. The molecule has 0 radical (unpaired) electrons. The third kappa shape index (κ3) is 3.49. The van der Waals surface area contributed by atoms with Crippen molar-refractivity contribution in [3.63, 3.8) is 0 Å². The summed E-state index contributed by atoms with van der Waals surface area (Å²) in [6.07, 6.45) is 2.86. The highest BCUT2D eigenvalue weighted by atomic mass is 16.5. The van der Waals surface area contributed by atoms with Gasteiger partial charge >= 0.3 is 0 Å². The van der Waals surface area contributed by atoms with Gasteiger partial charge in [0.25, 0.3) is 0 Å². The number of methoxy groups -OCH3 is 4. The lowest BCUT2D eigenvalue weighted by Crippen LogP contribution is -2.50. The zero-order valence-electron chi connectivity index (χ0n) is 17.9. The van der Waals surface area contributed by atoms with Gasteiger partial charge in [0.1, 0.15) is 5.78 Å². The van der Waals surface area contributed by atoms with Crippen molar-refractivity contribution in [3.8, 4) is 23.0 Å². The molecule has 0 spiro atoms. The Balaban J connectivity index is 1.72. The van der Waals surface area contributed by atoms with Crippen LogP contribution in [0.1, 0.15) is 42.5 Å². The molecule has 4 rings (SSSR count). The van der Waals surface area contributed by atoms with Gasteiger partial charge in [-0.25, -0.2) is 0 Å². The number of nitrogens with one attached hydrogen (secondary N) is 1. The van der Waals surface area contributed by atoms with Gasteiger partial charge in [0, 0.05) is 23.9 Å². The van der Waals surface area contributed by atoms with Crippen molar-refractivity contribution in [2.45, 2.75) is 31.3 Å². The maximum Gasteiger partial charge on any atom is 0.161 e. The van der Waals surface area contributed by atoms with Gasteiger partial charge in [-0.3, -0.25) is 4.79 Å². The van der Waals surface area contributed by atoms with E-state index in [1.54, 1.807) is 28.4 Å². The maximum atomic E-state index is 13.4. The van der Waals surface area contributed by atoms with Crippen LogP contribution in [0.3, 0.4) is 0 Å². The lowest BCUT2D eigenvalue weighted by Gasteiger charge is -2.45. The largest absolute Gasteiger partial charge is 0.493 e. The van der Waals surface area contributed by atoms with Gasteiger partial charge in [0.2, 0.25) is 0 Å². The first-order chi connectivity index (χ1) is 14.6. The predicted molar refractivity (Wildman–Crippen MR) is 114 cm³/mol. The van der Waals surface area contributed by atoms with Crippen LogP contribution in [-0.2, 0) is 4.79 Å². The summed E-state index contributed by atoms with van der Waals surface area (Å²) in [6.45, 7) is 0. The normalized spacial score (nSPS) is 25.5. The lowest BCUT2D eigenvalue weighted by atomic mass is 9.67. The number of hydrogen-bond donors (Lipinski definition) is 1. The molecule has 2 aliphatic rings. The first kappa shape index (κ1) is 20.5. The summed E-state index contributed by atoms with van der Waals surface area (Å²) in [5.74, 6) is 2.99. The summed E-state index contributed by atoms with van der Waals surface area (Å²) >= 11 is 0. The zero-order chi connectivity index (χ0) is 21.3. The maximum absolute atomic E-state index is 13.4. The van der Waals surface area contributed by atoms with Crippen molar-refractivity contribution < 1.29 is 23.7 Å². The molecule has 1 saturated heterocycles. The number of carbonyl (C=O) groups is 1. The Bertz CT molecular complexity index is 856. The van der Waals surface area contributed by atoms with Gasteiger partial charge in [-0.2, -0.15) is 0 Å². The number of hydrogen-bond acceptors (Lipinski definition) is 6. The van der Waals surface area contributed by atoms with Crippen LogP contribution >= 0.6 is 0 Å². The molecular formula is C24H29NO5. The van der Waals surface area contributed by atoms with Crippen molar-refractivity contribution in [1.82, 2.24) is 5.32 Å². The van der Waals surface area contributed by atoms with E-state index >= 15 is 0 Å². The van der Waals surface area contributed by atoms with Crippen LogP contribution < -0.4 is 24.3 Å². The highest BCUT2D eigenvalue weighted by Crippen LogP contribution is 2.47. The minimum Gasteiger partial charge on any atom is -0.493 e. The molecule has 0 aromatic heterocycles. The minimum absolute atomic E-state index is 0.0294. The van der Waals surface area contributed by atoms with E-state index < -0.39 is 0 Å². The average molecular weight is 411 g/mol. The van der Waals surface area contributed by atoms with E-state index in [2.05, 4.69) is 5.32 Å². The summed E-state index contributed by atoms with van der Waals surface area (Å²) in [6, 6.07) is 11.6. The monoisotopic (exact) mass is 411 g/mol. The summed E-state index contributed by atoms with van der Waals surface area (Å²) in [5.41, 5.74) is 2.08. The fraction of sp³-hybridized carbons (Fsp3) is 0.458. The van der Waals surface area contributed by atoms with E-state index in [0.29, 0.717) is 28.8 Å². The molecule has 2 aromatic rings. The van der Waals surface area contributed by atoms with Gasteiger partial charge in [-0.15, -0.1) is 0 Å². The summed E-state index contributed by atoms with van der Waals surface area (Å²) in [7, 11) is 6.51. The van der Waals surface area contributed by atoms with Crippen LogP contribution in [0.15, 0.2) is 36.4 Å². The molecule has 160 valence electrons. The fourth-order valence-corrected chi connectivity index (χ4v) is 4.95. The average Bonchev–Trinajstić information content (AvgIpc) is 2.78. The predicted octanol–water partition coefficient (Wildman–Crippen LogP) is 4.09. The van der Waals surface area contributed by atoms with Crippen LogP contribution in [0.2, 0.25) is 0 Å². The van der Waals surface area contributed by atoms with Crippen molar-refractivity contribution in [2.24, 2.45) is 11.8 Å². The SMILES string of the molecule is COc1ccc([C@H]2N[C@@H](c3ccc(OC)c(OC)c3)[C@H]3CCC[C@@H]2C3=O)cc1OC. The lowest BCUT2D eigenvalue weighted by molar-refractivity contribution is -0.135. The Morgan fingerprint density at radius 1 is 0.700 bits per heavy atom. The van der Waals surface area contributed by atoms with Gasteiger partial charge in [-0.05, 0) is 48.2 Å². The molecule has 1 aliphatic heterocycles. The Morgan fingerprint density at radius 2 is 1.13 bits per heavy atom. The molecule has 1 aliphatic carbocycles. The molecule has 2 fully saturated rings. The second-order valence-electron chi connectivity index (χ2n) is 7.90. The highest BCUT2D eigenvalue weighted by molar-refractivity contribution is 5.87. The topological polar surface area (TPSA) is 66.0 Å².